The number of anilines is 1. The predicted molar refractivity (Wildman–Crippen MR) is 74.8 cm³/mol. The van der Waals surface area contributed by atoms with Gasteiger partial charge < -0.3 is 10.0 Å². The molecule has 19 heavy (non-hydrogen) atoms. The van der Waals surface area contributed by atoms with Crippen LogP contribution in [0, 0.1) is 0 Å². The zero-order valence-corrected chi connectivity index (χ0v) is 12.1. The Labute approximate surface area is 114 Å². The van der Waals surface area contributed by atoms with E-state index in [1.54, 1.807) is 31.2 Å². The first-order valence-electron chi connectivity index (χ1n) is 6.47. The molecule has 1 aromatic rings. The van der Waals surface area contributed by atoms with E-state index in [0.29, 0.717) is 19.6 Å². The number of hydrogen-bond acceptors (Lipinski definition) is 4. The number of sulfonamides is 1. The van der Waals surface area contributed by atoms with Crippen LogP contribution in [0.15, 0.2) is 29.2 Å². The van der Waals surface area contributed by atoms with Gasteiger partial charge in [-0.05, 0) is 30.7 Å². The lowest BCUT2D eigenvalue weighted by atomic mass is 9.91. The van der Waals surface area contributed by atoms with Crippen LogP contribution in [0.2, 0.25) is 0 Å². The molecule has 2 rings (SSSR count). The Balaban J connectivity index is 2.08. The molecule has 0 atom stereocenters. The molecule has 1 aliphatic rings. The van der Waals surface area contributed by atoms with Crippen molar-refractivity contribution in [2.24, 2.45) is 0 Å². The monoisotopic (exact) mass is 284 g/mol. The molecule has 0 saturated carbocycles. The average molecular weight is 284 g/mol. The van der Waals surface area contributed by atoms with Crippen molar-refractivity contribution in [1.29, 1.82) is 0 Å². The largest absolute Gasteiger partial charge is 0.386 e. The molecule has 0 unspecified atom stereocenters. The van der Waals surface area contributed by atoms with E-state index in [4.69, 9.17) is 0 Å². The first-order chi connectivity index (χ1) is 8.90. The lowest BCUT2D eigenvalue weighted by Crippen LogP contribution is -2.61. The Morgan fingerprint density at radius 1 is 1.26 bits per heavy atom. The summed E-state index contributed by atoms with van der Waals surface area (Å²) in [6.07, 6.45) is 0.733. The lowest BCUT2D eigenvalue weighted by molar-refractivity contribution is 0.00852. The Morgan fingerprint density at radius 3 is 2.32 bits per heavy atom. The smallest absolute Gasteiger partial charge is 0.240 e. The minimum atomic E-state index is -3.39. The van der Waals surface area contributed by atoms with E-state index in [0.717, 1.165) is 12.1 Å². The molecule has 0 radical (unpaired) electrons. The second-order valence-electron chi connectivity index (χ2n) is 4.93. The number of nitrogens with one attached hydrogen (secondary N) is 1. The Kier molecular flexibility index (Phi) is 3.85. The Hall–Kier alpha value is -1.11. The average Bonchev–Trinajstić information content (AvgIpc) is 2.35. The van der Waals surface area contributed by atoms with Crippen molar-refractivity contribution in [3.63, 3.8) is 0 Å². The lowest BCUT2D eigenvalue weighted by Gasteiger charge is -2.47. The zero-order valence-electron chi connectivity index (χ0n) is 11.3. The minimum absolute atomic E-state index is 0.268. The maximum absolute atomic E-state index is 11.8. The normalized spacial score (nSPS) is 18.2. The quantitative estimate of drug-likeness (QED) is 0.844. The molecule has 2 N–H and O–H groups in total. The summed E-state index contributed by atoms with van der Waals surface area (Å²) in [6, 6.07) is 6.74. The molecule has 0 aliphatic carbocycles. The van der Waals surface area contributed by atoms with Crippen LogP contribution in [0.5, 0.6) is 0 Å². The van der Waals surface area contributed by atoms with Crippen LogP contribution >= 0.6 is 0 Å². The van der Waals surface area contributed by atoms with E-state index in [9.17, 15) is 13.5 Å². The molecule has 5 nitrogen and oxygen atoms in total. The van der Waals surface area contributed by atoms with Gasteiger partial charge in [0.2, 0.25) is 10.0 Å². The molecule has 0 bridgehead atoms. The summed E-state index contributed by atoms with van der Waals surface area (Å²) in [5.41, 5.74) is 0.350. The van der Waals surface area contributed by atoms with Gasteiger partial charge in [-0.25, -0.2) is 13.1 Å². The number of β-amino-alcohol motifs (C(OH)–C–C–N with tert-alkyl or cyclic N) is 1. The van der Waals surface area contributed by atoms with E-state index in [2.05, 4.69) is 4.72 Å². The van der Waals surface area contributed by atoms with Gasteiger partial charge in [0.25, 0.3) is 0 Å². The summed E-state index contributed by atoms with van der Waals surface area (Å²) >= 11 is 0. The van der Waals surface area contributed by atoms with Crippen molar-refractivity contribution in [1.82, 2.24) is 4.72 Å². The third-order valence-corrected chi connectivity index (χ3v) is 5.04. The molecule has 1 aromatic carbocycles. The van der Waals surface area contributed by atoms with Crippen molar-refractivity contribution in [3.05, 3.63) is 24.3 Å². The van der Waals surface area contributed by atoms with Gasteiger partial charge in [-0.3, -0.25) is 0 Å². The van der Waals surface area contributed by atoms with Crippen LogP contribution in [0.1, 0.15) is 20.3 Å². The fourth-order valence-corrected chi connectivity index (χ4v) is 3.22. The highest BCUT2D eigenvalue weighted by atomic mass is 32.2. The van der Waals surface area contributed by atoms with Crippen molar-refractivity contribution in [2.75, 3.05) is 24.5 Å². The minimum Gasteiger partial charge on any atom is -0.386 e. The van der Waals surface area contributed by atoms with Gasteiger partial charge in [0.05, 0.1) is 10.5 Å². The van der Waals surface area contributed by atoms with Gasteiger partial charge in [0.1, 0.15) is 0 Å². The molecular formula is C13H20N2O3S. The molecule has 1 aliphatic heterocycles. The van der Waals surface area contributed by atoms with Crippen molar-refractivity contribution in [3.8, 4) is 0 Å². The Bertz CT molecular complexity index is 534. The fraction of sp³-hybridized carbons (Fsp3) is 0.538. The third kappa shape index (κ3) is 2.91. The van der Waals surface area contributed by atoms with Crippen LogP contribution in [0.25, 0.3) is 0 Å². The standard InChI is InChI=1S/C13H20N2O3S/c1-3-13(16)9-15(10-13)11-5-7-12(8-6-11)19(17,18)14-4-2/h5-8,14,16H,3-4,9-10H2,1-2H3. The van der Waals surface area contributed by atoms with Gasteiger partial charge in [-0.15, -0.1) is 0 Å². The molecule has 6 heteroatoms. The van der Waals surface area contributed by atoms with Crippen molar-refractivity contribution >= 4 is 15.7 Å². The van der Waals surface area contributed by atoms with Gasteiger partial charge in [-0.1, -0.05) is 13.8 Å². The maximum atomic E-state index is 11.8. The topological polar surface area (TPSA) is 69.6 Å². The number of hydrogen-bond donors (Lipinski definition) is 2. The van der Waals surface area contributed by atoms with Gasteiger partial charge in [-0.2, -0.15) is 0 Å². The summed E-state index contributed by atoms with van der Waals surface area (Å²) in [5, 5.41) is 9.96. The summed E-state index contributed by atoms with van der Waals surface area (Å²) < 4.78 is 26.0. The third-order valence-electron chi connectivity index (χ3n) is 3.47. The van der Waals surface area contributed by atoms with Crippen molar-refractivity contribution in [2.45, 2.75) is 30.8 Å². The molecule has 106 valence electrons. The summed E-state index contributed by atoms with van der Waals surface area (Å²) in [6.45, 7) is 5.28. The highest BCUT2D eigenvalue weighted by Gasteiger charge is 2.39. The van der Waals surface area contributed by atoms with Crippen LogP contribution < -0.4 is 9.62 Å². The maximum Gasteiger partial charge on any atom is 0.240 e. The molecule has 1 fully saturated rings. The number of nitrogens with zero attached hydrogens (tertiary/aromatic N) is 1. The first kappa shape index (κ1) is 14.3. The summed E-state index contributed by atoms with van der Waals surface area (Å²) in [4.78, 5) is 2.30. The highest BCUT2D eigenvalue weighted by Crippen LogP contribution is 2.30. The van der Waals surface area contributed by atoms with Gasteiger partial charge >= 0.3 is 0 Å². The Morgan fingerprint density at radius 2 is 1.84 bits per heavy atom. The molecule has 0 aromatic heterocycles. The first-order valence-corrected chi connectivity index (χ1v) is 7.95. The summed E-state index contributed by atoms with van der Waals surface area (Å²) in [7, 11) is -3.39. The van der Waals surface area contributed by atoms with Gasteiger partial charge in [0, 0.05) is 25.3 Å². The number of benzene rings is 1. The second kappa shape index (κ2) is 5.11. The fourth-order valence-electron chi connectivity index (χ4n) is 2.18. The molecule has 0 spiro atoms. The van der Waals surface area contributed by atoms with E-state index < -0.39 is 15.6 Å². The van der Waals surface area contributed by atoms with Gasteiger partial charge in [0.15, 0.2) is 0 Å². The van der Waals surface area contributed by atoms with Crippen LogP contribution in [-0.2, 0) is 10.0 Å². The number of aliphatic hydroxyl groups is 1. The van der Waals surface area contributed by atoms with E-state index in [1.807, 2.05) is 11.8 Å². The van der Waals surface area contributed by atoms with Crippen LogP contribution in [0.3, 0.4) is 0 Å². The van der Waals surface area contributed by atoms with Crippen LogP contribution in [-0.4, -0.2) is 38.8 Å². The zero-order chi connectivity index (χ0) is 14.1. The van der Waals surface area contributed by atoms with E-state index in [-0.39, 0.29) is 4.90 Å². The SMILES string of the molecule is CCNS(=O)(=O)c1ccc(N2CC(O)(CC)C2)cc1. The molecule has 1 heterocycles. The molecular weight excluding hydrogens is 264 g/mol. The van der Waals surface area contributed by atoms with E-state index in [1.165, 1.54) is 0 Å². The summed E-state index contributed by atoms with van der Waals surface area (Å²) in [5.74, 6) is 0. The molecule has 1 saturated heterocycles. The van der Waals surface area contributed by atoms with Crippen molar-refractivity contribution < 1.29 is 13.5 Å². The number of rotatable bonds is 5. The second-order valence-corrected chi connectivity index (χ2v) is 6.70. The molecule has 0 amide bonds. The predicted octanol–water partition coefficient (Wildman–Crippen LogP) is 0.946. The van der Waals surface area contributed by atoms with E-state index >= 15 is 0 Å². The highest BCUT2D eigenvalue weighted by molar-refractivity contribution is 7.89. The van der Waals surface area contributed by atoms with Crippen LogP contribution in [0.4, 0.5) is 5.69 Å².